The summed E-state index contributed by atoms with van der Waals surface area (Å²) in [6, 6.07) is 2.75. The second-order valence-electron chi connectivity index (χ2n) is 4.83. The Hall–Kier alpha value is -1.85. The van der Waals surface area contributed by atoms with Crippen molar-refractivity contribution in [1.82, 2.24) is 4.98 Å². The zero-order valence-electron chi connectivity index (χ0n) is 10.3. The van der Waals surface area contributed by atoms with Crippen LogP contribution in [0.3, 0.4) is 0 Å². The molecule has 0 bridgehead atoms. The molecule has 6 nitrogen and oxygen atoms in total. The van der Waals surface area contributed by atoms with Gasteiger partial charge in [0.15, 0.2) is 0 Å². The van der Waals surface area contributed by atoms with Gasteiger partial charge in [-0.15, -0.1) is 0 Å². The highest BCUT2D eigenvalue weighted by atomic mass is 16.6. The number of nitrogens with two attached hydrogens (primary N) is 1. The van der Waals surface area contributed by atoms with Gasteiger partial charge in [0.25, 0.3) is 5.88 Å². The van der Waals surface area contributed by atoms with Crippen LogP contribution in [0.1, 0.15) is 32.6 Å². The normalized spacial score (nSPS) is 23.6. The number of ether oxygens (including phenoxy) is 1. The molecule has 1 heterocycles. The molecule has 0 aromatic carbocycles. The zero-order chi connectivity index (χ0) is 13.1. The summed E-state index contributed by atoms with van der Waals surface area (Å²) in [4.78, 5) is 14.3. The van der Waals surface area contributed by atoms with Crippen molar-refractivity contribution in [2.75, 3.05) is 5.73 Å². The first kappa shape index (κ1) is 12.6. The Kier molecular flexibility index (Phi) is 3.64. The van der Waals surface area contributed by atoms with Crippen LogP contribution >= 0.6 is 0 Å². The van der Waals surface area contributed by atoms with Crippen molar-refractivity contribution in [3.63, 3.8) is 0 Å². The fourth-order valence-corrected chi connectivity index (χ4v) is 2.32. The summed E-state index contributed by atoms with van der Waals surface area (Å²) in [6.45, 7) is 2.16. The average molecular weight is 251 g/mol. The van der Waals surface area contributed by atoms with Crippen LogP contribution in [0.4, 0.5) is 11.5 Å². The first-order chi connectivity index (χ1) is 8.56. The van der Waals surface area contributed by atoms with Crippen molar-refractivity contribution in [2.45, 2.75) is 38.7 Å². The number of anilines is 1. The zero-order valence-corrected chi connectivity index (χ0v) is 10.3. The van der Waals surface area contributed by atoms with Crippen molar-refractivity contribution < 1.29 is 9.66 Å². The second kappa shape index (κ2) is 5.20. The van der Waals surface area contributed by atoms with E-state index in [1.165, 1.54) is 18.6 Å². The number of nitrogens with zero attached hydrogens (tertiary/aromatic N) is 2. The highest BCUT2D eigenvalue weighted by molar-refractivity contribution is 5.47. The lowest BCUT2D eigenvalue weighted by Crippen LogP contribution is -2.24. The molecule has 1 aliphatic rings. The molecule has 1 aromatic heterocycles. The van der Waals surface area contributed by atoms with E-state index in [0.717, 1.165) is 19.3 Å². The van der Waals surface area contributed by atoms with Crippen LogP contribution in [0.15, 0.2) is 12.1 Å². The number of hydrogen-bond acceptors (Lipinski definition) is 5. The van der Waals surface area contributed by atoms with Gasteiger partial charge in [0.1, 0.15) is 11.9 Å². The molecule has 2 unspecified atom stereocenters. The molecule has 0 aliphatic heterocycles. The fourth-order valence-electron chi connectivity index (χ4n) is 2.32. The predicted molar refractivity (Wildman–Crippen MR) is 67.4 cm³/mol. The van der Waals surface area contributed by atoms with Crippen molar-refractivity contribution in [2.24, 2.45) is 5.92 Å². The first-order valence-electron chi connectivity index (χ1n) is 6.14. The van der Waals surface area contributed by atoms with E-state index in [-0.39, 0.29) is 23.5 Å². The maximum Gasteiger partial charge on any atom is 0.331 e. The summed E-state index contributed by atoms with van der Waals surface area (Å²) in [5, 5.41) is 10.9. The predicted octanol–water partition coefficient (Wildman–Crippen LogP) is 2.53. The van der Waals surface area contributed by atoms with Gasteiger partial charge < -0.3 is 10.5 Å². The Labute approximate surface area is 105 Å². The van der Waals surface area contributed by atoms with E-state index >= 15 is 0 Å². The molecule has 2 rings (SSSR count). The van der Waals surface area contributed by atoms with Crippen LogP contribution in [-0.2, 0) is 0 Å². The van der Waals surface area contributed by atoms with E-state index in [1.807, 2.05) is 0 Å². The topological polar surface area (TPSA) is 91.3 Å². The van der Waals surface area contributed by atoms with Crippen LogP contribution in [0.2, 0.25) is 0 Å². The monoisotopic (exact) mass is 251 g/mol. The molecular weight excluding hydrogens is 234 g/mol. The van der Waals surface area contributed by atoms with Gasteiger partial charge in [-0.25, -0.2) is 0 Å². The van der Waals surface area contributed by atoms with E-state index in [0.29, 0.717) is 5.92 Å². The van der Waals surface area contributed by atoms with Crippen LogP contribution in [0, 0.1) is 16.0 Å². The molecule has 0 radical (unpaired) electrons. The highest BCUT2D eigenvalue weighted by Crippen LogP contribution is 2.31. The summed E-state index contributed by atoms with van der Waals surface area (Å²) in [7, 11) is 0. The minimum atomic E-state index is -0.492. The van der Waals surface area contributed by atoms with Crippen molar-refractivity contribution in [3.8, 4) is 5.88 Å². The summed E-state index contributed by atoms with van der Waals surface area (Å²) >= 11 is 0. The van der Waals surface area contributed by atoms with Gasteiger partial charge in [0.05, 0.1) is 4.92 Å². The van der Waals surface area contributed by atoms with Crippen molar-refractivity contribution >= 4 is 11.5 Å². The lowest BCUT2D eigenvalue weighted by atomic mass is 9.89. The highest BCUT2D eigenvalue weighted by Gasteiger charge is 2.25. The van der Waals surface area contributed by atoms with E-state index in [9.17, 15) is 10.1 Å². The quantitative estimate of drug-likeness (QED) is 0.658. The summed E-state index contributed by atoms with van der Waals surface area (Å²) in [6.07, 6.45) is 4.10. The maximum atomic E-state index is 10.9. The Balaban J connectivity index is 2.16. The molecule has 1 fully saturated rings. The molecule has 2 atom stereocenters. The van der Waals surface area contributed by atoms with Crippen LogP contribution in [0.25, 0.3) is 0 Å². The van der Waals surface area contributed by atoms with Crippen LogP contribution in [-0.4, -0.2) is 16.0 Å². The Bertz CT molecular complexity index is 450. The third-order valence-electron chi connectivity index (χ3n) is 3.23. The van der Waals surface area contributed by atoms with Gasteiger partial charge >= 0.3 is 5.69 Å². The van der Waals surface area contributed by atoms with E-state index in [1.54, 1.807) is 0 Å². The molecule has 0 amide bonds. The minimum absolute atomic E-state index is 0.00162. The van der Waals surface area contributed by atoms with Gasteiger partial charge in [0.2, 0.25) is 0 Å². The summed E-state index contributed by atoms with van der Waals surface area (Å²) in [5.74, 6) is 0.863. The van der Waals surface area contributed by atoms with Gasteiger partial charge in [-0.1, -0.05) is 13.3 Å². The number of pyridine rings is 1. The number of nitrogen functional groups attached to an aromatic ring is 1. The molecule has 0 spiro atoms. The molecular formula is C12H17N3O3. The SMILES string of the molecule is CC1CCCC(Oc2nc(N)ccc2[N+](=O)[O-])C1. The largest absolute Gasteiger partial charge is 0.469 e. The van der Waals surface area contributed by atoms with Crippen LogP contribution < -0.4 is 10.5 Å². The average Bonchev–Trinajstić information content (AvgIpc) is 2.28. The summed E-state index contributed by atoms with van der Waals surface area (Å²) < 4.78 is 5.67. The Morgan fingerprint density at radius 2 is 2.28 bits per heavy atom. The van der Waals surface area contributed by atoms with Crippen LogP contribution in [0.5, 0.6) is 5.88 Å². The maximum absolute atomic E-state index is 10.9. The Morgan fingerprint density at radius 3 is 2.94 bits per heavy atom. The molecule has 2 N–H and O–H groups in total. The van der Waals surface area contributed by atoms with Gasteiger partial charge in [-0.3, -0.25) is 10.1 Å². The minimum Gasteiger partial charge on any atom is -0.469 e. The van der Waals surface area contributed by atoms with Gasteiger partial charge in [-0.2, -0.15) is 4.98 Å². The van der Waals surface area contributed by atoms with Crippen molar-refractivity contribution in [3.05, 3.63) is 22.2 Å². The standard InChI is InChI=1S/C12H17N3O3/c1-8-3-2-4-9(7-8)18-12-10(15(16)17)5-6-11(13)14-12/h5-6,8-9H,2-4,7H2,1H3,(H2,13,14). The molecule has 6 heteroatoms. The van der Waals surface area contributed by atoms with Crippen molar-refractivity contribution in [1.29, 1.82) is 0 Å². The number of rotatable bonds is 3. The molecule has 1 aromatic rings. The third-order valence-corrected chi connectivity index (χ3v) is 3.23. The van der Waals surface area contributed by atoms with Gasteiger partial charge in [-0.05, 0) is 31.2 Å². The number of hydrogen-bond donors (Lipinski definition) is 1. The molecule has 1 saturated carbocycles. The molecule has 1 aliphatic carbocycles. The number of nitro groups is 1. The summed E-state index contributed by atoms with van der Waals surface area (Å²) in [5.41, 5.74) is 5.42. The second-order valence-corrected chi connectivity index (χ2v) is 4.83. The molecule has 18 heavy (non-hydrogen) atoms. The van der Waals surface area contributed by atoms with E-state index in [2.05, 4.69) is 11.9 Å². The molecule has 98 valence electrons. The van der Waals surface area contributed by atoms with Gasteiger partial charge in [0, 0.05) is 6.07 Å². The third kappa shape index (κ3) is 2.88. The lowest BCUT2D eigenvalue weighted by molar-refractivity contribution is -0.386. The van der Waals surface area contributed by atoms with E-state index in [4.69, 9.17) is 10.5 Å². The number of aromatic nitrogens is 1. The Morgan fingerprint density at radius 1 is 1.50 bits per heavy atom. The fraction of sp³-hybridized carbons (Fsp3) is 0.583. The first-order valence-corrected chi connectivity index (χ1v) is 6.14. The lowest BCUT2D eigenvalue weighted by Gasteiger charge is -2.26. The molecule has 0 saturated heterocycles. The van der Waals surface area contributed by atoms with E-state index < -0.39 is 4.92 Å². The smallest absolute Gasteiger partial charge is 0.331 e.